The van der Waals surface area contributed by atoms with Gasteiger partial charge in [-0.05, 0) is 67.9 Å². The first kappa shape index (κ1) is 19.4. The highest BCUT2D eigenvalue weighted by Crippen LogP contribution is 2.23. The van der Waals surface area contributed by atoms with Gasteiger partial charge in [0.25, 0.3) is 0 Å². The fourth-order valence-corrected chi connectivity index (χ4v) is 4.09. The van der Waals surface area contributed by atoms with Gasteiger partial charge in [-0.3, -0.25) is 0 Å². The fraction of sp³-hybridized carbons (Fsp3) is 0.684. The molecule has 0 spiro atoms. The van der Waals surface area contributed by atoms with E-state index in [1.54, 1.807) is 12.1 Å². The highest BCUT2D eigenvalue weighted by Gasteiger charge is 2.18. The standard InChI is InChI=1S/C19H32N2O2S/c1-16-10-14-21(15-11-16)13-5-12-20-24(22,23)18-8-6-17(7-9-18)19(2,3)4/h6-9,16,20H,5,10-15H2,1-4H3. The minimum atomic E-state index is -3.40. The maximum absolute atomic E-state index is 12.4. The second-order valence-corrected chi connectivity index (χ2v) is 9.82. The summed E-state index contributed by atoms with van der Waals surface area (Å²) < 4.78 is 27.5. The lowest BCUT2D eigenvalue weighted by molar-refractivity contribution is 0.191. The van der Waals surface area contributed by atoms with Crippen LogP contribution in [-0.2, 0) is 15.4 Å². The molecule has 5 heteroatoms. The van der Waals surface area contributed by atoms with E-state index in [1.807, 2.05) is 12.1 Å². The molecule has 0 aliphatic carbocycles. The van der Waals surface area contributed by atoms with Crippen molar-refractivity contribution in [2.24, 2.45) is 5.92 Å². The first-order valence-electron chi connectivity index (χ1n) is 9.01. The van der Waals surface area contributed by atoms with E-state index in [4.69, 9.17) is 0 Å². The zero-order valence-corrected chi connectivity index (χ0v) is 16.3. The van der Waals surface area contributed by atoms with E-state index in [2.05, 4.69) is 37.3 Å². The molecular weight excluding hydrogens is 320 g/mol. The van der Waals surface area contributed by atoms with E-state index < -0.39 is 10.0 Å². The predicted octanol–water partition coefficient (Wildman–Crippen LogP) is 3.38. The van der Waals surface area contributed by atoms with Crippen LogP contribution in [0.25, 0.3) is 0 Å². The molecule has 0 unspecified atom stereocenters. The van der Waals surface area contributed by atoms with Crippen molar-refractivity contribution in [2.75, 3.05) is 26.2 Å². The van der Waals surface area contributed by atoms with E-state index in [0.29, 0.717) is 11.4 Å². The Morgan fingerprint density at radius 3 is 2.25 bits per heavy atom. The number of likely N-dealkylation sites (tertiary alicyclic amines) is 1. The molecule has 1 aromatic rings. The van der Waals surface area contributed by atoms with Gasteiger partial charge in [0.2, 0.25) is 10.0 Å². The van der Waals surface area contributed by atoms with Crippen LogP contribution in [-0.4, -0.2) is 39.5 Å². The molecule has 1 aliphatic rings. The molecule has 0 atom stereocenters. The van der Waals surface area contributed by atoms with Crippen LogP contribution in [0.5, 0.6) is 0 Å². The molecule has 1 aliphatic heterocycles. The quantitative estimate of drug-likeness (QED) is 0.799. The van der Waals surface area contributed by atoms with Crippen LogP contribution < -0.4 is 4.72 Å². The van der Waals surface area contributed by atoms with Crippen LogP contribution in [0.2, 0.25) is 0 Å². The third-order valence-electron chi connectivity index (χ3n) is 4.85. The molecule has 0 aromatic heterocycles. The SMILES string of the molecule is CC1CCN(CCCNS(=O)(=O)c2ccc(C(C)(C)C)cc2)CC1. The maximum Gasteiger partial charge on any atom is 0.240 e. The second kappa shape index (κ2) is 7.98. The Morgan fingerprint density at radius 1 is 1.12 bits per heavy atom. The normalized spacial score (nSPS) is 18.0. The molecule has 4 nitrogen and oxygen atoms in total. The van der Waals surface area contributed by atoms with Crippen LogP contribution in [0.4, 0.5) is 0 Å². The zero-order chi connectivity index (χ0) is 17.8. The molecule has 0 saturated carbocycles. The summed E-state index contributed by atoms with van der Waals surface area (Å²) in [6.07, 6.45) is 3.37. The Labute approximate surface area is 147 Å². The molecule has 1 heterocycles. The number of nitrogens with zero attached hydrogens (tertiary/aromatic N) is 1. The van der Waals surface area contributed by atoms with Gasteiger partial charge in [0.05, 0.1) is 4.90 Å². The summed E-state index contributed by atoms with van der Waals surface area (Å²) in [4.78, 5) is 2.79. The summed E-state index contributed by atoms with van der Waals surface area (Å²) in [6, 6.07) is 7.22. The van der Waals surface area contributed by atoms with Crippen LogP contribution in [0.3, 0.4) is 0 Å². The van der Waals surface area contributed by atoms with E-state index in [1.165, 1.54) is 12.8 Å². The maximum atomic E-state index is 12.4. The minimum Gasteiger partial charge on any atom is -0.303 e. The molecule has 1 N–H and O–H groups in total. The van der Waals surface area contributed by atoms with Crippen LogP contribution in [0.1, 0.15) is 52.5 Å². The second-order valence-electron chi connectivity index (χ2n) is 8.05. The molecule has 2 rings (SSSR count). The van der Waals surface area contributed by atoms with Gasteiger partial charge < -0.3 is 4.90 Å². The van der Waals surface area contributed by atoms with E-state index in [-0.39, 0.29) is 5.41 Å². The van der Waals surface area contributed by atoms with E-state index in [0.717, 1.165) is 37.5 Å². The van der Waals surface area contributed by atoms with Crippen molar-refractivity contribution in [3.8, 4) is 0 Å². The molecule has 136 valence electrons. The molecule has 0 amide bonds. The average Bonchev–Trinajstić information content (AvgIpc) is 2.52. The fourth-order valence-electron chi connectivity index (χ4n) is 3.01. The van der Waals surface area contributed by atoms with Crippen LogP contribution in [0, 0.1) is 5.92 Å². The van der Waals surface area contributed by atoms with Gasteiger partial charge in [-0.1, -0.05) is 39.8 Å². The number of benzene rings is 1. The van der Waals surface area contributed by atoms with E-state index in [9.17, 15) is 8.42 Å². The molecular formula is C19H32N2O2S. The van der Waals surface area contributed by atoms with Crippen molar-refractivity contribution >= 4 is 10.0 Å². The first-order valence-corrected chi connectivity index (χ1v) is 10.5. The van der Waals surface area contributed by atoms with Gasteiger partial charge >= 0.3 is 0 Å². The minimum absolute atomic E-state index is 0.0294. The van der Waals surface area contributed by atoms with Gasteiger partial charge in [-0.25, -0.2) is 13.1 Å². The van der Waals surface area contributed by atoms with Crippen molar-refractivity contribution in [1.29, 1.82) is 0 Å². The van der Waals surface area contributed by atoms with Gasteiger partial charge in [-0.2, -0.15) is 0 Å². The third-order valence-corrected chi connectivity index (χ3v) is 6.33. The molecule has 0 bridgehead atoms. The Balaban J connectivity index is 1.81. The van der Waals surface area contributed by atoms with Crippen molar-refractivity contribution in [1.82, 2.24) is 9.62 Å². The number of sulfonamides is 1. The number of rotatable bonds is 6. The van der Waals surface area contributed by atoms with Gasteiger partial charge in [0, 0.05) is 6.54 Å². The molecule has 1 aromatic carbocycles. The summed E-state index contributed by atoms with van der Waals surface area (Å²) in [5.41, 5.74) is 1.17. The Hall–Kier alpha value is -0.910. The van der Waals surface area contributed by atoms with Crippen LogP contribution in [0.15, 0.2) is 29.2 Å². The average molecular weight is 353 g/mol. The molecule has 24 heavy (non-hydrogen) atoms. The number of nitrogens with one attached hydrogen (secondary N) is 1. The first-order chi connectivity index (χ1) is 11.2. The third kappa shape index (κ3) is 5.57. The Kier molecular flexibility index (Phi) is 6.46. The largest absolute Gasteiger partial charge is 0.303 e. The monoisotopic (exact) mass is 352 g/mol. The number of hydrogen-bond acceptors (Lipinski definition) is 3. The Morgan fingerprint density at radius 2 is 1.71 bits per heavy atom. The van der Waals surface area contributed by atoms with Gasteiger partial charge in [0.15, 0.2) is 0 Å². The summed E-state index contributed by atoms with van der Waals surface area (Å²) in [7, 11) is -3.40. The summed E-state index contributed by atoms with van der Waals surface area (Å²) in [5.74, 6) is 0.829. The number of piperidine rings is 1. The lowest BCUT2D eigenvalue weighted by Crippen LogP contribution is -2.35. The summed E-state index contributed by atoms with van der Waals surface area (Å²) in [6.45, 7) is 12.4. The lowest BCUT2D eigenvalue weighted by atomic mass is 9.87. The van der Waals surface area contributed by atoms with Crippen molar-refractivity contribution in [2.45, 2.75) is 57.3 Å². The molecule has 0 radical (unpaired) electrons. The topological polar surface area (TPSA) is 49.4 Å². The smallest absolute Gasteiger partial charge is 0.240 e. The molecule has 1 fully saturated rings. The van der Waals surface area contributed by atoms with Crippen molar-refractivity contribution in [3.63, 3.8) is 0 Å². The van der Waals surface area contributed by atoms with Crippen molar-refractivity contribution < 1.29 is 8.42 Å². The van der Waals surface area contributed by atoms with Gasteiger partial charge in [-0.15, -0.1) is 0 Å². The molecule has 1 saturated heterocycles. The lowest BCUT2D eigenvalue weighted by Gasteiger charge is -2.30. The van der Waals surface area contributed by atoms with Gasteiger partial charge in [0.1, 0.15) is 0 Å². The van der Waals surface area contributed by atoms with Crippen molar-refractivity contribution in [3.05, 3.63) is 29.8 Å². The van der Waals surface area contributed by atoms with E-state index >= 15 is 0 Å². The predicted molar refractivity (Wildman–Crippen MR) is 99.8 cm³/mol. The highest BCUT2D eigenvalue weighted by atomic mass is 32.2. The zero-order valence-electron chi connectivity index (χ0n) is 15.5. The Bertz CT molecular complexity index is 610. The summed E-state index contributed by atoms with van der Waals surface area (Å²) in [5, 5.41) is 0. The highest BCUT2D eigenvalue weighted by molar-refractivity contribution is 7.89. The summed E-state index contributed by atoms with van der Waals surface area (Å²) >= 11 is 0. The number of hydrogen-bond donors (Lipinski definition) is 1. The van der Waals surface area contributed by atoms with Crippen LogP contribution >= 0.6 is 0 Å².